The average molecular weight is 554 g/mol. The fraction of sp³-hybridized carbons (Fsp3) is 0.429. The van der Waals surface area contributed by atoms with Crippen molar-refractivity contribution in [2.24, 2.45) is 0 Å². The van der Waals surface area contributed by atoms with Crippen LogP contribution in [0.2, 0.25) is 0 Å². The van der Waals surface area contributed by atoms with Gasteiger partial charge in [0.25, 0.3) is 5.56 Å². The highest BCUT2D eigenvalue weighted by molar-refractivity contribution is 7.84. The van der Waals surface area contributed by atoms with Gasteiger partial charge in [0.2, 0.25) is 5.95 Å². The quantitative estimate of drug-likeness (QED) is 0.385. The second-order valence-electron chi connectivity index (χ2n) is 11.2. The van der Waals surface area contributed by atoms with Gasteiger partial charge in [-0.3, -0.25) is 18.9 Å². The van der Waals surface area contributed by atoms with Crippen LogP contribution in [0.4, 0.5) is 11.6 Å². The molecule has 39 heavy (non-hydrogen) atoms. The standard InChI is InChI=1S/C28H35N7O2S.H2O.H2/c1-18(2)34-26(36)23-15-30-27(32-25(23)35(34)22-9-11-29-24(14-22)28(3,4)5)31-21-8-7-20-16-33(17-38(6)37)12-10-19(20)13-21;;/h7-9,11,13-15,18H,10,12,16-17H2,1-6H3,(H,30,31,32);1H2;1H. The summed E-state index contributed by atoms with van der Waals surface area (Å²) in [4.78, 5) is 29.5. The Bertz CT molecular complexity index is 1590. The van der Waals surface area contributed by atoms with Crippen molar-refractivity contribution in [2.75, 3.05) is 24.0 Å². The lowest BCUT2D eigenvalue weighted by Gasteiger charge is -2.28. The monoisotopic (exact) mass is 553 g/mol. The van der Waals surface area contributed by atoms with Gasteiger partial charge in [-0.05, 0) is 55.7 Å². The van der Waals surface area contributed by atoms with Gasteiger partial charge in [0.1, 0.15) is 5.39 Å². The molecule has 5 rings (SSSR count). The Morgan fingerprint density at radius 1 is 1.13 bits per heavy atom. The summed E-state index contributed by atoms with van der Waals surface area (Å²) in [6.45, 7) is 12.0. The SMILES string of the molecule is CC(C)n1c(=O)c2cnc(Nc3ccc4c(c3)CCN(CS(C)=O)C4)nc2n1-c1ccnc(C(C)(C)C)c1.O.[HH]. The van der Waals surface area contributed by atoms with Crippen molar-refractivity contribution >= 4 is 33.5 Å². The Morgan fingerprint density at radius 2 is 1.90 bits per heavy atom. The molecule has 0 spiro atoms. The zero-order chi connectivity index (χ0) is 27.2. The second kappa shape index (κ2) is 11.0. The number of rotatable bonds is 6. The first-order valence-electron chi connectivity index (χ1n) is 12.9. The van der Waals surface area contributed by atoms with Gasteiger partial charge in [-0.1, -0.05) is 26.8 Å². The largest absolute Gasteiger partial charge is 0.412 e. The Kier molecular flexibility index (Phi) is 8.06. The first kappa shape index (κ1) is 28.6. The summed E-state index contributed by atoms with van der Waals surface area (Å²) < 4.78 is 15.2. The minimum Gasteiger partial charge on any atom is -0.412 e. The Hall–Kier alpha value is -3.41. The van der Waals surface area contributed by atoms with Crippen LogP contribution < -0.4 is 10.9 Å². The Morgan fingerprint density at radius 3 is 2.59 bits per heavy atom. The van der Waals surface area contributed by atoms with Crippen molar-refractivity contribution in [2.45, 2.75) is 59.0 Å². The highest BCUT2D eigenvalue weighted by Gasteiger charge is 2.22. The normalized spacial score (nSPS) is 14.7. The Balaban J connectivity index is 0.00000220. The molecule has 0 amide bonds. The minimum atomic E-state index is -0.840. The van der Waals surface area contributed by atoms with Crippen molar-refractivity contribution in [3.05, 3.63) is 69.9 Å². The first-order valence-corrected chi connectivity index (χ1v) is 14.6. The minimum absolute atomic E-state index is 0. The van der Waals surface area contributed by atoms with E-state index in [0.717, 1.165) is 36.6 Å². The summed E-state index contributed by atoms with van der Waals surface area (Å²) in [6, 6.07) is 10.1. The van der Waals surface area contributed by atoms with E-state index in [1.807, 2.05) is 36.7 Å². The summed E-state index contributed by atoms with van der Waals surface area (Å²) >= 11 is 0. The van der Waals surface area contributed by atoms with Crippen molar-refractivity contribution in [1.29, 1.82) is 0 Å². The number of nitrogens with one attached hydrogen (secondary N) is 1. The number of fused-ring (bicyclic) bond motifs is 2. The fourth-order valence-electron chi connectivity index (χ4n) is 4.92. The number of aromatic nitrogens is 5. The number of pyridine rings is 1. The highest BCUT2D eigenvalue weighted by atomic mass is 32.2. The maximum Gasteiger partial charge on any atom is 0.278 e. The molecule has 4 heterocycles. The van der Waals surface area contributed by atoms with Crippen LogP contribution in [-0.2, 0) is 29.2 Å². The molecule has 3 aromatic heterocycles. The van der Waals surface area contributed by atoms with E-state index in [2.05, 4.69) is 53.1 Å². The molecule has 0 fully saturated rings. The third-order valence-electron chi connectivity index (χ3n) is 6.79. The summed E-state index contributed by atoms with van der Waals surface area (Å²) in [5, 5.41) is 3.81. The molecule has 210 valence electrons. The predicted octanol–water partition coefficient (Wildman–Crippen LogP) is 3.71. The van der Waals surface area contributed by atoms with Gasteiger partial charge in [-0.2, -0.15) is 4.98 Å². The van der Waals surface area contributed by atoms with Crippen molar-refractivity contribution in [3.8, 4) is 5.69 Å². The number of anilines is 2. The summed E-state index contributed by atoms with van der Waals surface area (Å²) in [7, 11) is -0.840. The van der Waals surface area contributed by atoms with Crippen LogP contribution >= 0.6 is 0 Å². The van der Waals surface area contributed by atoms with Crippen molar-refractivity contribution < 1.29 is 11.1 Å². The van der Waals surface area contributed by atoms with Gasteiger partial charge in [0.05, 0.1) is 11.6 Å². The van der Waals surface area contributed by atoms with Gasteiger partial charge in [0, 0.05) is 66.8 Å². The molecular formula is C28H39N7O3S. The molecule has 4 aromatic rings. The number of hydrogen-bond acceptors (Lipinski definition) is 7. The third kappa shape index (κ3) is 5.80. The van der Waals surface area contributed by atoms with E-state index in [1.54, 1.807) is 23.3 Å². The summed E-state index contributed by atoms with van der Waals surface area (Å²) in [6.07, 6.45) is 6.03. The van der Waals surface area contributed by atoms with Crippen LogP contribution in [0.5, 0.6) is 0 Å². The number of benzene rings is 1. The van der Waals surface area contributed by atoms with Gasteiger partial charge in [-0.15, -0.1) is 0 Å². The molecule has 1 aliphatic rings. The molecule has 1 unspecified atom stereocenters. The highest BCUT2D eigenvalue weighted by Crippen LogP contribution is 2.27. The van der Waals surface area contributed by atoms with E-state index in [-0.39, 0.29) is 23.9 Å². The molecule has 3 N–H and O–H groups in total. The van der Waals surface area contributed by atoms with Crippen LogP contribution in [0.25, 0.3) is 16.7 Å². The molecule has 0 aliphatic carbocycles. The summed E-state index contributed by atoms with van der Waals surface area (Å²) in [5.41, 5.74) is 5.47. The topological polar surface area (TPSA) is 129 Å². The molecule has 0 radical (unpaired) electrons. The van der Waals surface area contributed by atoms with Gasteiger partial charge < -0.3 is 10.8 Å². The summed E-state index contributed by atoms with van der Waals surface area (Å²) in [5.74, 6) is 1.02. The maximum atomic E-state index is 13.4. The second-order valence-corrected chi connectivity index (χ2v) is 12.7. The lowest BCUT2D eigenvalue weighted by atomic mass is 9.91. The zero-order valence-corrected chi connectivity index (χ0v) is 24.2. The molecule has 0 saturated carbocycles. The smallest absolute Gasteiger partial charge is 0.278 e. The molecule has 11 heteroatoms. The van der Waals surface area contributed by atoms with Gasteiger partial charge in [-0.25, -0.2) is 14.3 Å². The molecule has 0 bridgehead atoms. The molecule has 10 nitrogen and oxygen atoms in total. The fourth-order valence-corrected chi connectivity index (χ4v) is 5.66. The lowest BCUT2D eigenvalue weighted by molar-refractivity contribution is 0.297. The Labute approximate surface area is 232 Å². The third-order valence-corrected chi connectivity index (χ3v) is 7.52. The van der Waals surface area contributed by atoms with E-state index in [9.17, 15) is 9.00 Å². The predicted molar refractivity (Wildman–Crippen MR) is 159 cm³/mol. The van der Waals surface area contributed by atoms with Crippen LogP contribution in [0, 0.1) is 0 Å². The van der Waals surface area contributed by atoms with E-state index >= 15 is 0 Å². The van der Waals surface area contributed by atoms with Crippen molar-refractivity contribution in [3.63, 3.8) is 0 Å². The maximum absolute atomic E-state index is 13.4. The first-order chi connectivity index (χ1) is 18.0. The van der Waals surface area contributed by atoms with Crippen LogP contribution in [0.1, 0.15) is 58.9 Å². The van der Waals surface area contributed by atoms with Crippen LogP contribution in [0.15, 0.2) is 47.5 Å². The molecule has 1 aromatic carbocycles. The average Bonchev–Trinajstić information content (AvgIpc) is 3.15. The molecule has 1 atom stereocenters. The van der Waals surface area contributed by atoms with E-state index in [0.29, 0.717) is 22.9 Å². The molecule has 0 saturated heterocycles. The van der Waals surface area contributed by atoms with Gasteiger partial charge in [0.15, 0.2) is 5.65 Å². The van der Waals surface area contributed by atoms with Crippen LogP contribution in [0.3, 0.4) is 0 Å². The van der Waals surface area contributed by atoms with Gasteiger partial charge >= 0.3 is 0 Å². The van der Waals surface area contributed by atoms with E-state index in [4.69, 9.17) is 4.98 Å². The van der Waals surface area contributed by atoms with E-state index in [1.165, 1.54) is 11.1 Å². The van der Waals surface area contributed by atoms with Crippen LogP contribution in [-0.4, -0.2) is 57.6 Å². The van der Waals surface area contributed by atoms with E-state index < -0.39 is 10.8 Å². The molecule has 1 aliphatic heterocycles. The van der Waals surface area contributed by atoms with Crippen molar-refractivity contribution in [1.82, 2.24) is 29.2 Å². The lowest BCUT2D eigenvalue weighted by Crippen LogP contribution is -2.32. The number of hydrogen-bond donors (Lipinski definition) is 1. The zero-order valence-electron chi connectivity index (χ0n) is 23.4. The molecular weight excluding hydrogens is 514 g/mol. The number of nitrogens with zero attached hydrogens (tertiary/aromatic N) is 6.